The van der Waals surface area contributed by atoms with Gasteiger partial charge in [-0.3, -0.25) is 9.11 Å². The van der Waals surface area contributed by atoms with Crippen molar-refractivity contribution in [2.45, 2.75) is 12.5 Å². The molecule has 1 unspecified atom stereocenters. The Morgan fingerprint density at radius 2 is 2.12 bits per heavy atom. The summed E-state index contributed by atoms with van der Waals surface area (Å²) in [5.74, 6) is 0.397. The van der Waals surface area contributed by atoms with E-state index in [1.54, 1.807) is 0 Å². The van der Waals surface area contributed by atoms with Crippen molar-refractivity contribution in [1.29, 1.82) is 0 Å². The molecule has 49 valence electrons. The van der Waals surface area contributed by atoms with Crippen LogP contribution in [0.3, 0.4) is 0 Å². The quantitative estimate of drug-likeness (QED) is 0.522. The van der Waals surface area contributed by atoms with Crippen LogP contribution in [0.15, 0.2) is 0 Å². The molecular formula is C4H9O3S. The van der Waals surface area contributed by atoms with Crippen LogP contribution >= 0.6 is 10.6 Å². The summed E-state index contributed by atoms with van der Waals surface area (Å²) in [4.78, 5) is 0. The van der Waals surface area contributed by atoms with E-state index in [1.807, 2.05) is 0 Å². The lowest BCUT2D eigenvalue weighted by Gasteiger charge is -2.24. The first-order valence-electron chi connectivity index (χ1n) is 2.49. The van der Waals surface area contributed by atoms with Gasteiger partial charge in [-0.15, -0.1) is 0 Å². The topological polar surface area (TPSA) is 60.4 Å². The van der Waals surface area contributed by atoms with Crippen LogP contribution in [0.5, 0.6) is 0 Å². The average Bonchev–Trinajstić information content (AvgIpc) is 1.82. The monoisotopic (exact) mass is 137 g/mol. The zero-order chi connectivity index (χ0) is 6.20. The molecule has 1 atom stereocenters. The van der Waals surface area contributed by atoms with E-state index in [4.69, 9.17) is 9.11 Å². The van der Waals surface area contributed by atoms with Crippen LogP contribution in [0, 0.1) is 0 Å². The molecule has 1 heterocycles. The second-order valence-corrected chi connectivity index (χ2v) is 4.43. The molecule has 3 nitrogen and oxygen atoms in total. The highest BCUT2D eigenvalue weighted by atomic mass is 32.3. The van der Waals surface area contributed by atoms with Crippen molar-refractivity contribution in [1.82, 2.24) is 0 Å². The first-order valence-corrected chi connectivity index (χ1v) is 4.38. The SMILES string of the molecule is [O]C1CCS(O)(O)C1. The molecule has 4 heteroatoms. The van der Waals surface area contributed by atoms with Crippen molar-refractivity contribution >= 4 is 10.6 Å². The van der Waals surface area contributed by atoms with E-state index in [2.05, 4.69) is 0 Å². The third-order valence-electron chi connectivity index (χ3n) is 1.22. The summed E-state index contributed by atoms with van der Waals surface area (Å²) in [6, 6.07) is 0. The summed E-state index contributed by atoms with van der Waals surface area (Å²) in [6.07, 6.45) is -0.289. The first-order chi connectivity index (χ1) is 3.60. The van der Waals surface area contributed by atoms with E-state index in [-0.39, 0.29) is 5.75 Å². The largest absolute Gasteiger partial charge is 0.299 e. The third-order valence-corrected chi connectivity index (χ3v) is 3.01. The van der Waals surface area contributed by atoms with E-state index >= 15 is 0 Å². The van der Waals surface area contributed by atoms with Crippen LogP contribution in [-0.4, -0.2) is 26.7 Å². The lowest BCUT2D eigenvalue weighted by atomic mass is 10.3. The van der Waals surface area contributed by atoms with Crippen LogP contribution in [0.4, 0.5) is 0 Å². The minimum Gasteiger partial charge on any atom is -0.299 e. The number of hydrogen-bond donors (Lipinski definition) is 2. The van der Waals surface area contributed by atoms with Crippen molar-refractivity contribution in [3.63, 3.8) is 0 Å². The van der Waals surface area contributed by atoms with Crippen molar-refractivity contribution in [3.05, 3.63) is 0 Å². The van der Waals surface area contributed by atoms with Gasteiger partial charge in [-0.25, -0.2) is 5.11 Å². The van der Waals surface area contributed by atoms with Gasteiger partial charge >= 0.3 is 0 Å². The van der Waals surface area contributed by atoms with Crippen LogP contribution in [0.2, 0.25) is 0 Å². The summed E-state index contributed by atoms with van der Waals surface area (Å²) >= 11 is 0. The minimum absolute atomic E-state index is 0.0764. The maximum Gasteiger partial charge on any atom is 0.112 e. The zero-order valence-electron chi connectivity index (χ0n) is 4.41. The van der Waals surface area contributed by atoms with Crippen molar-refractivity contribution in [3.8, 4) is 0 Å². The smallest absolute Gasteiger partial charge is 0.112 e. The molecule has 8 heavy (non-hydrogen) atoms. The van der Waals surface area contributed by atoms with Crippen molar-refractivity contribution in [2.24, 2.45) is 0 Å². The Morgan fingerprint density at radius 1 is 1.50 bits per heavy atom. The highest BCUT2D eigenvalue weighted by Crippen LogP contribution is 2.45. The standard InChI is InChI=1S/C4H9O3S/c5-4-1-2-8(6,7)3-4/h4,6-7H,1-3H2. The average molecular weight is 137 g/mol. The lowest BCUT2D eigenvalue weighted by molar-refractivity contribution is 0.111. The van der Waals surface area contributed by atoms with Gasteiger partial charge < -0.3 is 0 Å². The molecule has 0 aliphatic carbocycles. The van der Waals surface area contributed by atoms with Gasteiger partial charge in [0, 0.05) is 5.75 Å². The van der Waals surface area contributed by atoms with Gasteiger partial charge in [0.2, 0.25) is 0 Å². The Kier molecular flexibility index (Phi) is 1.49. The molecule has 1 fully saturated rings. The van der Waals surface area contributed by atoms with E-state index in [9.17, 15) is 5.11 Å². The molecule has 0 saturated carbocycles. The molecule has 1 radical (unpaired) electrons. The second kappa shape index (κ2) is 1.88. The van der Waals surface area contributed by atoms with Crippen LogP contribution in [-0.2, 0) is 5.11 Å². The number of rotatable bonds is 0. The van der Waals surface area contributed by atoms with Gasteiger partial charge in [0.1, 0.15) is 6.10 Å². The molecule has 1 aliphatic heterocycles. The van der Waals surface area contributed by atoms with E-state index < -0.39 is 16.7 Å². The highest BCUT2D eigenvalue weighted by molar-refractivity contribution is 8.24. The molecule has 0 aromatic heterocycles. The van der Waals surface area contributed by atoms with Gasteiger partial charge in [0.05, 0.1) is 5.75 Å². The summed E-state index contributed by atoms with van der Waals surface area (Å²) in [6.45, 7) is 0. The maximum atomic E-state index is 10.4. The van der Waals surface area contributed by atoms with Gasteiger partial charge in [-0.05, 0) is 6.42 Å². The Morgan fingerprint density at radius 3 is 2.25 bits per heavy atom. The lowest BCUT2D eigenvalue weighted by Crippen LogP contribution is -2.04. The van der Waals surface area contributed by atoms with Crippen LogP contribution in [0.1, 0.15) is 6.42 Å². The maximum absolute atomic E-state index is 10.4. The summed E-state index contributed by atoms with van der Waals surface area (Å²) < 4.78 is 17.6. The van der Waals surface area contributed by atoms with Gasteiger partial charge in [0.25, 0.3) is 0 Å². The molecule has 0 spiro atoms. The molecule has 1 aliphatic rings. The minimum atomic E-state index is -2.41. The highest BCUT2D eigenvalue weighted by Gasteiger charge is 2.27. The van der Waals surface area contributed by atoms with E-state index in [0.29, 0.717) is 12.2 Å². The molecule has 1 saturated heterocycles. The van der Waals surface area contributed by atoms with Crippen LogP contribution < -0.4 is 0 Å². The van der Waals surface area contributed by atoms with Gasteiger partial charge in [-0.1, -0.05) is 0 Å². The molecule has 0 bridgehead atoms. The Balaban J connectivity index is 2.44. The van der Waals surface area contributed by atoms with E-state index in [1.165, 1.54) is 0 Å². The van der Waals surface area contributed by atoms with Crippen molar-refractivity contribution < 1.29 is 14.2 Å². The summed E-state index contributed by atoms with van der Waals surface area (Å²) in [5.41, 5.74) is 0. The molecule has 0 aromatic carbocycles. The van der Waals surface area contributed by atoms with Crippen LogP contribution in [0.25, 0.3) is 0 Å². The molecule has 0 aromatic rings. The predicted octanol–water partition coefficient (Wildman–Crippen LogP) is 0.940. The third kappa shape index (κ3) is 1.35. The molecule has 0 amide bonds. The Hall–Kier alpha value is 0.230. The normalized spacial score (nSPS) is 39.6. The van der Waals surface area contributed by atoms with Gasteiger partial charge in [-0.2, -0.15) is 10.6 Å². The fourth-order valence-electron chi connectivity index (χ4n) is 0.785. The van der Waals surface area contributed by atoms with Gasteiger partial charge in [0.15, 0.2) is 0 Å². The number of hydrogen-bond acceptors (Lipinski definition) is 2. The zero-order valence-corrected chi connectivity index (χ0v) is 5.23. The van der Waals surface area contributed by atoms with E-state index in [0.717, 1.165) is 0 Å². The summed E-state index contributed by atoms with van der Waals surface area (Å²) in [5, 5.41) is 10.4. The molecule has 1 rings (SSSR count). The molecule has 2 N–H and O–H groups in total. The second-order valence-electron chi connectivity index (χ2n) is 2.08. The van der Waals surface area contributed by atoms with Crippen molar-refractivity contribution in [2.75, 3.05) is 11.5 Å². The Bertz CT molecular complexity index is 93.3. The Labute approximate surface area is 49.7 Å². The first kappa shape index (κ1) is 6.35. The fraction of sp³-hybridized carbons (Fsp3) is 1.00. The summed E-state index contributed by atoms with van der Waals surface area (Å²) in [7, 11) is -2.41. The molecular weight excluding hydrogens is 128 g/mol. The predicted molar refractivity (Wildman–Crippen MR) is 31.7 cm³/mol. The fourth-order valence-corrected chi connectivity index (χ4v) is 2.35.